The second-order valence-electron chi connectivity index (χ2n) is 4.05. The molecule has 0 aliphatic heterocycles. The van der Waals surface area contributed by atoms with Gasteiger partial charge in [-0.05, 0) is 32.1 Å². The summed E-state index contributed by atoms with van der Waals surface area (Å²) in [6, 6.07) is 3.74. The Kier molecular flexibility index (Phi) is 2.97. The third-order valence-corrected chi connectivity index (χ3v) is 2.72. The van der Waals surface area contributed by atoms with Crippen molar-refractivity contribution < 1.29 is 4.74 Å². The normalized spacial score (nSPS) is 10.6. The molecule has 0 saturated carbocycles. The molecule has 0 aromatic carbocycles. The van der Waals surface area contributed by atoms with Crippen LogP contribution in [-0.4, -0.2) is 38.8 Å². The monoisotopic (exact) mass is 250 g/mol. The molecule has 0 unspecified atom stereocenters. The quantitative estimate of drug-likeness (QED) is 0.719. The molecular formula is C11H14N4OS. The van der Waals surface area contributed by atoms with Crippen LogP contribution >= 0.6 is 12.2 Å². The number of aromatic nitrogens is 3. The summed E-state index contributed by atoms with van der Waals surface area (Å²) < 4.78 is 7.18. The second kappa shape index (κ2) is 4.29. The van der Waals surface area contributed by atoms with E-state index in [0.717, 1.165) is 17.0 Å². The Hall–Kier alpha value is -1.69. The summed E-state index contributed by atoms with van der Waals surface area (Å²) in [7, 11) is 3.65. The fourth-order valence-corrected chi connectivity index (χ4v) is 1.58. The molecule has 6 heteroatoms. The van der Waals surface area contributed by atoms with E-state index in [2.05, 4.69) is 10.1 Å². The van der Waals surface area contributed by atoms with Crippen molar-refractivity contribution in [1.82, 2.24) is 19.5 Å². The van der Waals surface area contributed by atoms with Crippen LogP contribution in [0.25, 0.3) is 5.65 Å². The minimum absolute atomic E-state index is 0.378. The first kappa shape index (κ1) is 11.8. The van der Waals surface area contributed by atoms with Crippen molar-refractivity contribution in [3.8, 4) is 5.88 Å². The average molecular weight is 250 g/mol. The minimum atomic E-state index is 0.378. The van der Waals surface area contributed by atoms with E-state index in [0.29, 0.717) is 11.1 Å². The van der Waals surface area contributed by atoms with Crippen molar-refractivity contribution in [2.45, 2.75) is 13.8 Å². The van der Waals surface area contributed by atoms with E-state index in [1.54, 1.807) is 15.5 Å². The SMILES string of the molecule is Cc1cc(C)n2nc(OC(=S)N(C)C)cc2n1. The van der Waals surface area contributed by atoms with Gasteiger partial charge >= 0.3 is 0 Å². The number of aryl methyl sites for hydroxylation is 2. The topological polar surface area (TPSA) is 42.7 Å². The molecule has 0 amide bonds. The van der Waals surface area contributed by atoms with Gasteiger partial charge in [0.2, 0.25) is 5.88 Å². The van der Waals surface area contributed by atoms with Crippen molar-refractivity contribution in [3.63, 3.8) is 0 Å². The summed E-state index contributed by atoms with van der Waals surface area (Å²) in [5, 5.41) is 4.67. The molecule has 0 aliphatic carbocycles. The standard InChI is InChI=1S/C11H14N4OS/c1-7-5-8(2)15-9(12-7)6-10(13-15)16-11(17)14(3)4/h5-6H,1-4H3. The minimum Gasteiger partial charge on any atom is -0.411 e. The lowest BCUT2D eigenvalue weighted by atomic mass is 10.3. The van der Waals surface area contributed by atoms with Crippen molar-refractivity contribution in [2.24, 2.45) is 0 Å². The zero-order valence-corrected chi connectivity index (χ0v) is 11.1. The Morgan fingerprint density at radius 3 is 2.71 bits per heavy atom. The van der Waals surface area contributed by atoms with E-state index in [9.17, 15) is 0 Å². The molecule has 0 fully saturated rings. The number of rotatable bonds is 1. The predicted octanol–water partition coefficient (Wildman–Crippen LogP) is 1.57. The summed E-state index contributed by atoms with van der Waals surface area (Å²) >= 11 is 5.06. The number of nitrogens with zero attached hydrogens (tertiary/aromatic N) is 4. The van der Waals surface area contributed by atoms with Gasteiger partial charge in [-0.25, -0.2) is 9.50 Å². The fourth-order valence-electron chi connectivity index (χ4n) is 1.50. The number of thiocarbonyl (C=S) groups is 1. The van der Waals surface area contributed by atoms with Gasteiger partial charge in [0.05, 0.1) is 0 Å². The lowest BCUT2D eigenvalue weighted by Crippen LogP contribution is -2.25. The van der Waals surface area contributed by atoms with E-state index < -0.39 is 0 Å². The van der Waals surface area contributed by atoms with Crippen molar-refractivity contribution >= 4 is 23.0 Å². The molecule has 0 spiro atoms. The molecule has 2 heterocycles. The molecular weight excluding hydrogens is 236 g/mol. The van der Waals surface area contributed by atoms with Crippen LogP contribution in [0.3, 0.4) is 0 Å². The van der Waals surface area contributed by atoms with Crippen LogP contribution in [0.4, 0.5) is 0 Å². The molecule has 90 valence electrons. The van der Waals surface area contributed by atoms with Crippen LogP contribution in [0.15, 0.2) is 12.1 Å². The molecule has 0 radical (unpaired) electrons. The fraction of sp³-hybridized carbons (Fsp3) is 0.364. The predicted molar refractivity (Wildman–Crippen MR) is 69.4 cm³/mol. The average Bonchev–Trinajstić information content (AvgIpc) is 2.60. The number of hydrogen-bond acceptors (Lipinski definition) is 4. The smallest absolute Gasteiger partial charge is 0.265 e. The van der Waals surface area contributed by atoms with Gasteiger partial charge in [0.1, 0.15) is 0 Å². The Morgan fingerprint density at radius 1 is 1.35 bits per heavy atom. The summed E-state index contributed by atoms with van der Waals surface area (Å²) in [5.41, 5.74) is 2.73. The molecule has 2 aromatic rings. The van der Waals surface area contributed by atoms with Crippen LogP contribution in [0.5, 0.6) is 5.88 Å². The molecule has 2 rings (SSSR count). The molecule has 5 nitrogen and oxygen atoms in total. The number of hydrogen-bond donors (Lipinski definition) is 0. The number of fused-ring (bicyclic) bond motifs is 1. The Bertz CT molecular complexity index is 576. The van der Waals surface area contributed by atoms with Gasteiger partial charge in [0.15, 0.2) is 5.65 Å². The van der Waals surface area contributed by atoms with Gasteiger partial charge in [-0.2, -0.15) is 0 Å². The van der Waals surface area contributed by atoms with Crippen molar-refractivity contribution in [2.75, 3.05) is 14.1 Å². The molecule has 0 N–H and O–H groups in total. The van der Waals surface area contributed by atoms with Gasteiger partial charge in [-0.3, -0.25) is 0 Å². The van der Waals surface area contributed by atoms with Crippen LogP contribution in [-0.2, 0) is 0 Å². The third-order valence-electron chi connectivity index (χ3n) is 2.27. The lowest BCUT2D eigenvalue weighted by Gasteiger charge is -2.11. The largest absolute Gasteiger partial charge is 0.411 e. The van der Waals surface area contributed by atoms with E-state index >= 15 is 0 Å². The Balaban J connectivity index is 2.38. The van der Waals surface area contributed by atoms with Crippen molar-refractivity contribution in [1.29, 1.82) is 0 Å². The van der Waals surface area contributed by atoms with E-state index in [1.165, 1.54) is 0 Å². The molecule has 17 heavy (non-hydrogen) atoms. The van der Waals surface area contributed by atoms with Gasteiger partial charge in [-0.1, -0.05) is 0 Å². The van der Waals surface area contributed by atoms with Gasteiger partial charge in [-0.15, -0.1) is 5.10 Å². The summed E-state index contributed by atoms with van der Waals surface area (Å²) in [6.45, 7) is 3.92. The zero-order chi connectivity index (χ0) is 12.6. The first-order chi connectivity index (χ1) is 7.97. The second-order valence-corrected chi connectivity index (χ2v) is 4.40. The van der Waals surface area contributed by atoms with Crippen LogP contribution < -0.4 is 4.74 Å². The summed E-state index contributed by atoms with van der Waals surface area (Å²) in [5.74, 6) is 0.463. The maximum Gasteiger partial charge on any atom is 0.265 e. The highest BCUT2D eigenvalue weighted by molar-refractivity contribution is 7.80. The lowest BCUT2D eigenvalue weighted by molar-refractivity contribution is 0.434. The van der Waals surface area contributed by atoms with Gasteiger partial charge in [0, 0.05) is 31.5 Å². The summed E-state index contributed by atoms with van der Waals surface area (Å²) in [6.07, 6.45) is 0. The van der Waals surface area contributed by atoms with Crippen molar-refractivity contribution in [3.05, 3.63) is 23.5 Å². The maximum absolute atomic E-state index is 5.44. The van der Waals surface area contributed by atoms with Crippen LogP contribution in [0, 0.1) is 13.8 Å². The van der Waals surface area contributed by atoms with E-state index in [-0.39, 0.29) is 0 Å². The highest BCUT2D eigenvalue weighted by atomic mass is 32.1. The summed E-state index contributed by atoms with van der Waals surface area (Å²) in [4.78, 5) is 6.09. The molecule has 0 aliphatic rings. The van der Waals surface area contributed by atoms with Crippen LogP contribution in [0.2, 0.25) is 0 Å². The molecule has 0 saturated heterocycles. The van der Waals surface area contributed by atoms with Gasteiger partial charge in [0.25, 0.3) is 5.17 Å². The Labute approximate surface area is 105 Å². The molecule has 0 bridgehead atoms. The zero-order valence-electron chi connectivity index (χ0n) is 10.3. The first-order valence-electron chi connectivity index (χ1n) is 5.20. The molecule has 0 atom stereocenters. The number of ether oxygens (including phenoxy) is 1. The van der Waals surface area contributed by atoms with Gasteiger partial charge < -0.3 is 9.64 Å². The Morgan fingerprint density at radius 2 is 2.06 bits per heavy atom. The highest BCUT2D eigenvalue weighted by Gasteiger charge is 2.09. The highest BCUT2D eigenvalue weighted by Crippen LogP contribution is 2.14. The third kappa shape index (κ3) is 2.36. The first-order valence-corrected chi connectivity index (χ1v) is 5.61. The van der Waals surface area contributed by atoms with Crippen LogP contribution in [0.1, 0.15) is 11.4 Å². The maximum atomic E-state index is 5.44. The molecule has 2 aromatic heterocycles. The van der Waals surface area contributed by atoms with E-state index in [1.807, 2.05) is 34.0 Å². The van der Waals surface area contributed by atoms with E-state index in [4.69, 9.17) is 17.0 Å².